The number of benzene rings is 1. The molecule has 0 amide bonds. The Balaban J connectivity index is 2.07. The summed E-state index contributed by atoms with van der Waals surface area (Å²) in [5.74, 6) is 0.749. The van der Waals surface area contributed by atoms with Crippen molar-refractivity contribution in [1.82, 2.24) is 0 Å². The van der Waals surface area contributed by atoms with E-state index in [1.165, 1.54) is 0 Å². The van der Waals surface area contributed by atoms with E-state index in [0.717, 1.165) is 5.56 Å². The third-order valence-corrected chi connectivity index (χ3v) is 2.71. The Bertz CT molecular complexity index is 461. The highest BCUT2D eigenvalue weighted by Gasteiger charge is 2.12. The van der Waals surface area contributed by atoms with Crippen LogP contribution in [0.5, 0.6) is 5.75 Å². The maximum atomic E-state index is 9.88. The lowest BCUT2D eigenvalue weighted by molar-refractivity contribution is 0.149. The summed E-state index contributed by atoms with van der Waals surface area (Å²) < 4.78 is 5.86. The molecule has 0 radical (unpaired) electrons. The van der Waals surface area contributed by atoms with Gasteiger partial charge in [-0.15, -0.1) is 0 Å². The van der Waals surface area contributed by atoms with Crippen LogP contribution < -0.4 is 0 Å². The van der Waals surface area contributed by atoms with Gasteiger partial charge in [0.05, 0.1) is 0 Å². The number of phenolic OH excluding ortho intramolecular Hbond substituents is 1. The summed E-state index contributed by atoms with van der Waals surface area (Å²) in [6.07, 6.45) is -0.212. The average Bonchev–Trinajstić information content (AvgIpc) is 2.68. The van der Waals surface area contributed by atoms with Crippen LogP contribution in [0.2, 0.25) is 0 Å². The number of halogens is 1. The van der Waals surface area contributed by atoms with Crippen LogP contribution in [0.3, 0.4) is 0 Å². The predicted octanol–water partition coefficient (Wildman–Crippen LogP) is 3.02. The number of hydrogen-bond donors (Lipinski definition) is 2. The minimum atomic E-state index is -0.671. The predicted molar refractivity (Wildman–Crippen MR) is 63.2 cm³/mol. The molecule has 0 aliphatic carbocycles. The lowest BCUT2D eigenvalue weighted by Crippen LogP contribution is -1.99. The highest BCUT2D eigenvalue weighted by molar-refractivity contribution is 9.10. The van der Waals surface area contributed by atoms with E-state index in [1.807, 2.05) is 0 Å². The molecule has 2 rings (SSSR count). The van der Waals surface area contributed by atoms with Crippen molar-refractivity contribution in [3.63, 3.8) is 0 Å². The monoisotopic (exact) mass is 282 g/mol. The Labute approximate surface area is 101 Å². The number of aliphatic hydroxyl groups is 1. The molecular formula is C12H11BrO3. The maximum absolute atomic E-state index is 9.88. The fraction of sp³-hybridized carbons (Fsp3) is 0.167. The first kappa shape index (κ1) is 11.2. The van der Waals surface area contributed by atoms with E-state index < -0.39 is 6.10 Å². The zero-order valence-corrected chi connectivity index (χ0v) is 10.0. The molecule has 1 atom stereocenters. The Kier molecular flexibility index (Phi) is 3.31. The largest absolute Gasteiger partial charge is 0.508 e. The van der Waals surface area contributed by atoms with Gasteiger partial charge in [-0.1, -0.05) is 12.1 Å². The molecule has 4 heteroatoms. The quantitative estimate of drug-likeness (QED) is 0.910. The molecule has 2 N–H and O–H groups in total. The van der Waals surface area contributed by atoms with Gasteiger partial charge in [-0.3, -0.25) is 0 Å². The summed E-state index contributed by atoms with van der Waals surface area (Å²) in [7, 11) is 0. The zero-order chi connectivity index (χ0) is 11.5. The molecule has 0 spiro atoms. The number of aliphatic hydroxyl groups excluding tert-OH is 1. The van der Waals surface area contributed by atoms with Crippen LogP contribution in [-0.4, -0.2) is 10.2 Å². The van der Waals surface area contributed by atoms with E-state index >= 15 is 0 Å². The molecule has 1 aromatic heterocycles. The van der Waals surface area contributed by atoms with Crippen molar-refractivity contribution >= 4 is 15.9 Å². The van der Waals surface area contributed by atoms with Crippen molar-refractivity contribution in [3.05, 3.63) is 52.4 Å². The molecular weight excluding hydrogens is 272 g/mol. The second-order valence-corrected chi connectivity index (χ2v) is 4.31. The van der Waals surface area contributed by atoms with Crippen LogP contribution >= 0.6 is 15.9 Å². The Morgan fingerprint density at radius 3 is 2.38 bits per heavy atom. The molecule has 2 aromatic rings. The smallest absolute Gasteiger partial charge is 0.169 e. The molecule has 0 aliphatic heterocycles. The second-order valence-electron chi connectivity index (χ2n) is 3.53. The zero-order valence-electron chi connectivity index (χ0n) is 8.43. The summed E-state index contributed by atoms with van der Waals surface area (Å²) in [5.41, 5.74) is 0.942. The minimum Gasteiger partial charge on any atom is -0.508 e. The molecule has 84 valence electrons. The van der Waals surface area contributed by atoms with E-state index in [1.54, 1.807) is 36.4 Å². The highest BCUT2D eigenvalue weighted by atomic mass is 79.9. The summed E-state index contributed by atoms with van der Waals surface area (Å²) in [6.45, 7) is 0. The lowest BCUT2D eigenvalue weighted by Gasteiger charge is -2.07. The molecule has 0 saturated heterocycles. The SMILES string of the molecule is Oc1ccc(CC(O)c2ccc(Br)o2)cc1. The summed E-state index contributed by atoms with van der Waals surface area (Å²) >= 11 is 3.18. The van der Waals surface area contributed by atoms with Crippen LogP contribution in [0.15, 0.2) is 45.5 Å². The third-order valence-electron chi connectivity index (χ3n) is 2.29. The van der Waals surface area contributed by atoms with Crippen molar-refractivity contribution < 1.29 is 14.6 Å². The van der Waals surface area contributed by atoms with Gasteiger partial charge in [0, 0.05) is 6.42 Å². The van der Waals surface area contributed by atoms with E-state index in [2.05, 4.69) is 15.9 Å². The van der Waals surface area contributed by atoms with Gasteiger partial charge >= 0.3 is 0 Å². The van der Waals surface area contributed by atoms with Crippen LogP contribution in [0.25, 0.3) is 0 Å². The van der Waals surface area contributed by atoms with Crippen molar-refractivity contribution in [2.45, 2.75) is 12.5 Å². The minimum absolute atomic E-state index is 0.221. The maximum Gasteiger partial charge on any atom is 0.169 e. The topological polar surface area (TPSA) is 53.6 Å². The fourth-order valence-corrected chi connectivity index (χ4v) is 1.78. The molecule has 0 bridgehead atoms. The van der Waals surface area contributed by atoms with Crippen LogP contribution in [-0.2, 0) is 6.42 Å². The number of phenols is 1. The van der Waals surface area contributed by atoms with E-state index in [9.17, 15) is 5.11 Å². The molecule has 1 heterocycles. The Hall–Kier alpha value is -1.26. The van der Waals surface area contributed by atoms with Gasteiger partial charge < -0.3 is 14.6 Å². The first-order valence-electron chi connectivity index (χ1n) is 4.86. The average molecular weight is 283 g/mol. The summed E-state index contributed by atoms with van der Waals surface area (Å²) in [6, 6.07) is 10.2. The lowest BCUT2D eigenvalue weighted by atomic mass is 10.1. The molecule has 3 nitrogen and oxygen atoms in total. The van der Waals surface area contributed by atoms with Gasteiger partial charge in [-0.05, 0) is 45.8 Å². The van der Waals surface area contributed by atoms with Crippen LogP contribution in [0.4, 0.5) is 0 Å². The van der Waals surface area contributed by atoms with E-state index in [0.29, 0.717) is 16.9 Å². The van der Waals surface area contributed by atoms with Gasteiger partial charge in [-0.25, -0.2) is 0 Å². The van der Waals surface area contributed by atoms with Crippen LogP contribution in [0.1, 0.15) is 17.4 Å². The van der Waals surface area contributed by atoms with Crippen molar-refractivity contribution in [1.29, 1.82) is 0 Å². The van der Waals surface area contributed by atoms with E-state index in [-0.39, 0.29) is 5.75 Å². The van der Waals surface area contributed by atoms with E-state index in [4.69, 9.17) is 9.52 Å². The van der Waals surface area contributed by atoms with Gasteiger partial charge in [0.2, 0.25) is 0 Å². The highest BCUT2D eigenvalue weighted by Crippen LogP contribution is 2.23. The standard InChI is InChI=1S/C12H11BrO3/c13-12-6-5-11(16-12)10(15)7-8-1-3-9(14)4-2-8/h1-6,10,14-15H,7H2. The first-order valence-corrected chi connectivity index (χ1v) is 5.65. The van der Waals surface area contributed by atoms with Gasteiger partial charge in [0.1, 0.15) is 17.6 Å². The first-order chi connectivity index (χ1) is 7.65. The van der Waals surface area contributed by atoms with Gasteiger partial charge in [0.15, 0.2) is 4.67 Å². The number of furan rings is 1. The van der Waals surface area contributed by atoms with Crippen molar-refractivity contribution in [2.24, 2.45) is 0 Å². The van der Waals surface area contributed by atoms with Gasteiger partial charge in [-0.2, -0.15) is 0 Å². The fourth-order valence-electron chi connectivity index (χ4n) is 1.46. The number of hydrogen-bond acceptors (Lipinski definition) is 3. The normalized spacial score (nSPS) is 12.6. The molecule has 1 unspecified atom stereocenters. The summed E-state index contributed by atoms with van der Waals surface area (Å²) in [5, 5.41) is 19.0. The molecule has 1 aromatic carbocycles. The molecule has 16 heavy (non-hydrogen) atoms. The summed E-state index contributed by atoms with van der Waals surface area (Å²) in [4.78, 5) is 0. The van der Waals surface area contributed by atoms with Crippen LogP contribution in [0, 0.1) is 0 Å². The van der Waals surface area contributed by atoms with Crippen molar-refractivity contribution in [3.8, 4) is 5.75 Å². The molecule has 0 aliphatic rings. The second kappa shape index (κ2) is 4.72. The Morgan fingerprint density at radius 1 is 1.12 bits per heavy atom. The molecule has 0 fully saturated rings. The van der Waals surface area contributed by atoms with Crippen molar-refractivity contribution in [2.75, 3.05) is 0 Å². The van der Waals surface area contributed by atoms with Gasteiger partial charge in [0.25, 0.3) is 0 Å². The third kappa shape index (κ3) is 2.65. The Morgan fingerprint density at radius 2 is 1.81 bits per heavy atom. The molecule has 0 saturated carbocycles. The number of aromatic hydroxyl groups is 1. The number of rotatable bonds is 3.